The Kier molecular flexibility index (Phi) is 3.40. The Bertz CT molecular complexity index is 484. The molecule has 0 saturated heterocycles. The second-order valence-corrected chi connectivity index (χ2v) is 4.15. The van der Waals surface area contributed by atoms with Gasteiger partial charge in [-0.1, -0.05) is 25.1 Å². The molecule has 2 aromatic rings. The first-order chi connectivity index (χ1) is 7.81. The second kappa shape index (κ2) is 4.97. The van der Waals surface area contributed by atoms with Crippen molar-refractivity contribution in [3.8, 4) is 0 Å². The van der Waals surface area contributed by atoms with E-state index in [1.807, 2.05) is 25.3 Å². The first-order valence-corrected chi connectivity index (χ1v) is 5.88. The van der Waals surface area contributed by atoms with Crippen molar-refractivity contribution in [2.24, 2.45) is 0 Å². The molecule has 0 bridgehead atoms. The molecular weight excluding hydrogens is 198 g/mol. The maximum atomic E-state index is 11.5. The molecule has 1 N–H and O–H groups in total. The van der Waals surface area contributed by atoms with Crippen molar-refractivity contribution < 1.29 is 4.79 Å². The van der Waals surface area contributed by atoms with Crippen LogP contribution >= 0.6 is 0 Å². The van der Waals surface area contributed by atoms with E-state index in [1.165, 1.54) is 10.9 Å². The number of hydrogen-bond donors (Lipinski definition) is 1. The van der Waals surface area contributed by atoms with Gasteiger partial charge < -0.3 is 4.98 Å². The van der Waals surface area contributed by atoms with Gasteiger partial charge in [0.25, 0.3) is 0 Å². The fourth-order valence-electron chi connectivity index (χ4n) is 2.02. The standard InChI is InChI=1S/C14H17NO/c1-2-5-12(16)9-8-11-10-15-14-7-4-3-6-13(11)14/h3-4,6-7,10,15H,2,5,8-9H2,1H3. The highest BCUT2D eigenvalue weighted by Gasteiger charge is 2.05. The Morgan fingerprint density at radius 1 is 1.25 bits per heavy atom. The molecule has 0 aliphatic rings. The minimum absolute atomic E-state index is 0.368. The van der Waals surface area contributed by atoms with Crippen LogP contribution in [-0.4, -0.2) is 10.8 Å². The molecule has 2 rings (SSSR count). The van der Waals surface area contributed by atoms with E-state index in [0.29, 0.717) is 18.6 Å². The zero-order chi connectivity index (χ0) is 11.4. The summed E-state index contributed by atoms with van der Waals surface area (Å²) in [7, 11) is 0. The summed E-state index contributed by atoms with van der Waals surface area (Å²) in [4.78, 5) is 14.7. The largest absolute Gasteiger partial charge is 0.361 e. The number of aryl methyl sites for hydroxylation is 1. The zero-order valence-electron chi connectivity index (χ0n) is 9.62. The third-order valence-electron chi connectivity index (χ3n) is 2.88. The molecule has 1 aromatic carbocycles. The van der Waals surface area contributed by atoms with Crippen molar-refractivity contribution in [2.45, 2.75) is 32.6 Å². The normalized spacial score (nSPS) is 10.8. The van der Waals surface area contributed by atoms with E-state index in [0.717, 1.165) is 18.4 Å². The summed E-state index contributed by atoms with van der Waals surface area (Å²) in [6.45, 7) is 2.05. The highest BCUT2D eigenvalue weighted by molar-refractivity contribution is 5.84. The minimum Gasteiger partial charge on any atom is -0.361 e. The van der Waals surface area contributed by atoms with Gasteiger partial charge in [0.1, 0.15) is 5.78 Å². The van der Waals surface area contributed by atoms with Crippen LogP contribution in [0.15, 0.2) is 30.5 Å². The van der Waals surface area contributed by atoms with Gasteiger partial charge in [-0.3, -0.25) is 4.79 Å². The predicted molar refractivity (Wildman–Crippen MR) is 66.5 cm³/mol. The van der Waals surface area contributed by atoms with Gasteiger partial charge >= 0.3 is 0 Å². The van der Waals surface area contributed by atoms with Crippen molar-refractivity contribution in [3.63, 3.8) is 0 Å². The molecule has 1 heterocycles. The van der Waals surface area contributed by atoms with Gasteiger partial charge in [0.2, 0.25) is 0 Å². The Labute approximate surface area is 95.7 Å². The summed E-state index contributed by atoms with van der Waals surface area (Å²) in [6, 6.07) is 8.22. The van der Waals surface area contributed by atoms with Crippen molar-refractivity contribution in [1.29, 1.82) is 0 Å². The fraction of sp³-hybridized carbons (Fsp3) is 0.357. The van der Waals surface area contributed by atoms with E-state index >= 15 is 0 Å². The van der Waals surface area contributed by atoms with Gasteiger partial charge in [-0.2, -0.15) is 0 Å². The molecular formula is C14H17NO. The second-order valence-electron chi connectivity index (χ2n) is 4.15. The number of carbonyl (C=O) groups is 1. The lowest BCUT2D eigenvalue weighted by Crippen LogP contribution is -1.98. The van der Waals surface area contributed by atoms with E-state index in [2.05, 4.69) is 17.1 Å². The van der Waals surface area contributed by atoms with Gasteiger partial charge in [0.05, 0.1) is 0 Å². The Hall–Kier alpha value is -1.57. The quantitative estimate of drug-likeness (QED) is 0.813. The number of para-hydroxylation sites is 1. The smallest absolute Gasteiger partial charge is 0.133 e. The number of Topliss-reactive ketones (excluding diaryl/α,β-unsaturated/α-hetero) is 1. The number of H-pyrrole nitrogens is 1. The summed E-state index contributed by atoms with van der Waals surface area (Å²) in [5.41, 5.74) is 2.40. The number of aromatic amines is 1. The predicted octanol–water partition coefficient (Wildman–Crippen LogP) is 3.47. The topological polar surface area (TPSA) is 32.9 Å². The van der Waals surface area contributed by atoms with Crippen LogP contribution in [0, 0.1) is 0 Å². The Morgan fingerprint density at radius 3 is 2.88 bits per heavy atom. The van der Waals surface area contributed by atoms with E-state index in [-0.39, 0.29) is 0 Å². The highest BCUT2D eigenvalue weighted by Crippen LogP contribution is 2.19. The average Bonchev–Trinajstić information content (AvgIpc) is 2.70. The van der Waals surface area contributed by atoms with Crippen molar-refractivity contribution in [2.75, 3.05) is 0 Å². The summed E-state index contributed by atoms with van der Waals surface area (Å²) in [5, 5.41) is 1.24. The number of benzene rings is 1. The maximum absolute atomic E-state index is 11.5. The third-order valence-corrected chi connectivity index (χ3v) is 2.88. The van der Waals surface area contributed by atoms with E-state index in [9.17, 15) is 4.79 Å². The van der Waals surface area contributed by atoms with Crippen LogP contribution in [-0.2, 0) is 11.2 Å². The molecule has 0 spiro atoms. The molecule has 0 unspecified atom stereocenters. The van der Waals surface area contributed by atoms with Crippen molar-refractivity contribution in [3.05, 3.63) is 36.0 Å². The molecule has 0 aliphatic carbocycles. The van der Waals surface area contributed by atoms with Gasteiger partial charge in [-0.25, -0.2) is 0 Å². The lowest BCUT2D eigenvalue weighted by Gasteiger charge is -1.98. The van der Waals surface area contributed by atoms with E-state index in [1.54, 1.807) is 0 Å². The van der Waals surface area contributed by atoms with Crippen LogP contribution in [0.4, 0.5) is 0 Å². The van der Waals surface area contributed by atoms with Gasteiger partial charge in [-0.15, -0.1) is 0 Å². The monoisotopic (exact) mass is 215 g/mol. The molecule has 0 fully saturated rings. The lowest BCUT2D eigenvalue weighted by molar-refractivity contribution is -0.119. The first-order valence-electron chi connectivity index (χ1n) is 5.88. The third kappa shape index (κ3) is 2.32. The number of fused-ring (bicyclic) bond motifs is 1. The maximum Gasteiger partial charge on any atom is 0.133 e. The molecule has 2 nitrogen and oxygen atoms in total. The number of ketones is 1. The minimum atomic E-state index is 0.368. The van der Waals surface area contributed by atoms with Crippen LogP contribution in [0.25, 0.3) is 10.9 Å². The number of carbonyl (C=O) groups excluding carboxylic acids is 1. The first kappa shape index (κ1) is 10.9. The number of hydrogen-bond acceptors (Lipinski definition) is 1. The molecule has 0 aliphatic heterocycles. The van der Waals surface area contributed by atoms with Crippen LogP contribution < -0.4 is 0 Å². The fourth-order valence-corrected chi connectivity index (χ4v) is 2.02. The summed E-state index contributed by atoms with van der Waals surface area (Å²) in [6.07, 6.45) is 5.19. The molecule has 2 heteroatoms. The van der Waals surface area contributed by atoms with Crippen LogP contribution in [0.5, 0.6) is 0 Å². The summed E-state index contributed by atoms with van der Waals surface area (Å²) < 4.78 is 0. The Balaban J connectivity index is 2.07. The molecule has 84 valence electrons. The molecule has 0 atom stereocenters. The lowest BCUT2D eigenvalue weighted by atomic mass is 10.0. The van der Waals surface area contributed by atoms with Gasteiger partial charge in [-0.05, 0) is 24.5 Å². The molecule has 16 heavy (non-hydrogen) atoms. The number of aromatic nitrogens is 1. The average molecular weight is 215 g/mol. The summed E-state index contributed by atoms with van der Waals surface area (Å²) in [5.74, 6) is 0.368. The van der Waals surface area contributed by atoms with Gasteiger partial charge in [0, 0.05) is 29.9 Å². The zero-order valence-corrected chi connectivity index (χ0v) is 9.62. The molecule has 0 radical (unpaired) electrons. The molecule has 0 amide bonds. The molecule has 1 aromatic heterocycles. The van der Waals surface area contributed by atoms with E-state index < -0.39 is 0 Å². The highest BCUT2D eigenvalue weighted by atomic mass is 16.1. The van der Waals surface area contributed by atoms with Crippen LogP contribution in [0.3, 0.4) is 0 Å². The van der Waals surface area contributed by atoms with E-state index in [4.69, 9.17) is 0 Å². The number of nitrogens with one attached hydrogen (secondary N) is 1. The SMILES string of the molecule is CCCC(=O)CCc1c[nH]c2ccccc12. The van der Waals surface area contributed by atoms with Crippen molar-refractivity contribution >= 4 is 16.7 Å². The molecule has 0 saturated carbocycles. The van der Waals surface area contributed by atoms with Crippen LogP contribution in [0.1, 0.15) is 31.7 Å². The van der Waals surface area contributed by atoms with Crippen molar-refractivity contribution in [1.82, 2.24) is 4.98 Å². The number of rotatable bonds is 5. The Morgan fingerprint density at radius 2 is 2.06 bits per heavy atom. The van der Waals surface area contributed by atoms with Gasteiger partial charge in [0.15, 0.2) is 0 Å². The van der Waals surface area contributed by atoms with Crippen LogP contribution in [0.2, 0.25) is 0 Å². The summed E-state index contributed by atoms with van der Waals surface area (Å²) >= 11 is 0.